The minimum atomic E-state index is -0.576. The van der Waals surface area contributed by atoms with Gasteiger partial charge in [0, 0.05) is 22.7 Å². The Morgan fingerprint density at radius 1 is 1.41 bits per heavy atom. The summed E-state index contributed by atoms with van der Waals surface area (Å²) in [4.78, 5) is 23.5. The molecule has 0 saturated heterocycles. The summed E-state index contributed by atoms with van der Waals surface area (Å²) in [5.74, 6) is 0.144. The van der Waals surface area contributed by atoms with Crippen LogP contribution in [0.4, 0.5) is 0 Å². The smallest absolute Gasteiger partial charge is 0.244 e. The molecule has 1 atom stereocenters. The molecule has 2 amide bonds. The van der Waals surface area contributed by atoms with Crippen molar-refractivity contribution >= 4 is 33.8 Å². The first kappa shape index (κ1) is 18.2. The van der Waals surface area contributed by atoms with Crippen LogP contribution in [0.3, 0.4) is 0 Å². The molecule has 0 bridgehead atoms. The average Bonchev–Trinajstić information content (AvgIpc) is 2.50. The van der Waals surface area contributed by atoms with E-state index in [9.17, 15) is 9.59 Å². The number of nitrogens with one attached hydrogen (secondary N) is 2. The summed E-state index contributed by atoms with van der Waals surface area (Å²) >= 11 is 3.37. The second-order valence-corrected chi connectivity index (χ2v) is 5.66. The van der Waals surface area contributed by atoms with Gasteiger partial charge < -0.3 is 15.4 Å². The molecular weight excluding hydrogens is 348 g/mol. The van der Waals surface area contributed by atoms with E-state index in [2.05, 4.69) is 26.6 Å². The molecule has 0 spiro atoms. The van der Waals surface area contributed by atoms with E-state index >= 15 is 0 Å². The van der Waals surface area contributed by atoms with Crippen LogP contribution in [0.15, 0.2) is 28.7 Å². The van der Waals surface area contributed by atoms with Gasteiger partial charge in [-0.1, -0.05) is 22.9 Å². The maximum atomic E-state index is 11.9. The van der Waals surface area contributed by atoms with Crippen LogP contribution in [-0.2, 0) is 9.59 Å². The van der Waals surface area contributed by atoms with Gasteiger partial charge in [-0.2, -0.15) is 0 Å². The molecule has 6 heteroatoms. The van der Waals surface area contributed by atoms with E-state index < -0.39 is 6.04 Å². The molecule has 0 fully saturated rings. The minimum Gasteiger partial charge on any atom is -0.496 e. The van der Waals surface area contributed by atoms with Crippen molar-refractivity contribution in [1.82, 2.24) is 10.6 Å². The predicted octanol–water partition coefficient (Wildman–Crippen LogP) is 2.50. The van der Waals surface area contributed by atoms with E-state index in [0.29, 0.717) is 12.3 Å². The van der Waals surface area contributed by atoms with E-state index in [0.717, 1.165) is 16.5 Å². The minimum absolute atomic E-state index is 0.191. The number of hydrogen-bond acceptors (Lipinski definition) is 3. The Balaban J connectivity index is 2.64. The molecule has 1 aromatic rings. The lowest BCUT2D eigenvalue weighted by atomic mass is 10.2. The van der Waals surface area contributed by atoms with Crippen molar-refractivity contribution in [1.29, 1.82) is 0 Å². The van der Waals surface area contributed by atoms with Gasteiger partial charge in [0.1, 0.15) is 11.8 Å². The van der Waals surface area contributed by atoms with E-state index in [1.54, 1.807) is 20.1 Å². The molecule has 5 nitrogen and oxygen atoms in total. The zero-order valence-electron chi connectivity index (χ0n) is 13.0. The zero-order chi connectivity index (χ0) is 16.5. The number of carbonyl (C=O) groups excluding carboxylic acids is 2. The quantitative estimate of drug-likeness (QED) is 0.726. The third-order valence-corrected chi connectivity index (χ3v) is 3.40. The number of halogens is 1. The van der Waals surface area contributed by atoms with Gasteiger partial charge in [-0.15, -0.1) is 0 Å². The highest BCUT2D eigenvalue weighted by Crippen LogP contribution is 2.23. The summed E-state index contributed by atoms with van der Waals surface area (Å²) in [7, 11) is 1.57. The largest absolute Gasteiger partial charge is 0.496 e. The first-order valence-electron chi connectivity index (χ1n) is 7.07. The van der Waals surface area contributed by atoms with E-state index in [-0.39, 0.29) is 11.8 Å². The Kier molecular flexibility index (Phi) is 7.66. The SMILES string of the molecule is CCCNC(=O)C(C)NC(=O)/C=C/c1cc(Br)ccc1OC. The van der Waals surface area contributed by atoms with Gasteiger partial charge in [-0.05, 0) is 37.6 Å². The average molecular weight is 369 g/mol. The number of ether oxygens (including phenoxy) is 1. The molecule has 1 unspecified atom stereocenters. The normalized spacial score (nSPS) is 12.0. The van der Waals surface area contributed by atoms with Crippen LogP contribution in [0, 0.1) is 0 Å². The molecule has 0 aliphatic carbocycles. The van der Waals surface area contributed by atoms with Crippen LogP contribution in [0.25, 0.3) is 6.08 Å². The Labute approximate surface area is 139 Å². The number of benzene rings is 1. The van der Waals surface area contributed by atoms with Gasteiger partial charge in [-0.25, -0.2) is 0 Å². The third-order valence-electron chi connectivity index (χ3n) is 2.91. The van der Waals surface area contributed by atoms with Crippen molar-refractivity contribution in [3.63, 3.8) is 0 Å². The molecule has 1 aromatic carbocycles. The topological polar surface area (TPSA) is 67.4 Å². The number of carbonyl (C=O) groups is 2. The Morgan fingerprint density at radius 3 is 2.77 bits per heavy atom. The van der Waals surface area contributed by atoms with Crippen molar-refractivity contribution in [3.8, 4) is 5.75 Å². The Morgan fingerprint density at radius 2 is 2.14 bits per heavy atom. The van der Waals surface area contributed by atoms with Crippen LogP contribution >= 0.6 is 15.9 Å². The summed E-state index contributed by atoms with van der Waals surface area (Å²) in [6.07, 6.45) is 3.89. The lowest BCUT2D eigenvalue weighted by molar-refractivity contribution is -0.126. The van der Waals surface area contributed by atoms with Crippen LogP contribution in [0.1, 0.15) is 25.8 Å². The maximum Gasteiger partial charge on any atom is 0.244 e. The third kappa shape index (κ3) is 5.89. The number of rotatable bonds is 7. The van der Waals surface area contributed by atoms with Gasteiger partial charge >= 0.3 is 0 Å². The summed E-state index contributed by atoms with van der Waals surface area (Å²) < 4.78 is 6.12. The molecule has 0 aromatic heterocycles. The lowest BCUT2D eigenvalue weighted by Crippen LogP contribution is -2.44. The second-order valence-electron chi connectivity index (χ2n) is 4.74. The predicted molar refractivity (Wildman–Crippen MR) is 90.6 cm³/mol. The number of methoxy groups -OCH3 is 1. The fourth-order valence-corrected chi connectivity index (χ4v) is 2.11. The standard InChI is InChI=1S/C16H21BrN2O3/c1-4-9-18-16(21)11(2)19-15(20)8-5-12-10-13(17)6-7-14(12)22-3/h5-8,10-11H,4,9H2,1-3H3,(H,18,21)(H,19,20)/b8-5+. The summed E-state index contributed by atoms with van der Waals surface area (Å²) in [5, 5.41) is 5.35. The van der Waals surface area contributed by atoms with Gasteiger partial charge in [-0.3, -0.25) is 9.59 Å². The highest BCUT2D eigenvalue weighted by Gasteiger charge is 2.13. The number of hydrogen-bond donors (Lipinski definition) is 2. The van der Waals surface area contributed by atoms with Gasteiger partial charge in [0.25, 0.3) is 0 Å². The maximum absolute atomic E-state index is 11.9. The van der Waals surface area contributed by atoms with Crippen molar-refractivity contribution in [2.45, 2.75) is 26.3 Å². The van der Waals surface area contributed by atoms with E-state index in [1.807, 2.05) is 25.1 Å². The fourth-order valence-electron chi connectivity index (χ4n) is 1.73. The first-order valence-corrected chi connectivity index (χ1v) is 7.87. The molecule has 0 saturated carbocycles. The summed E-state index contributed by atoms with van der Waals surface area (Å²) in [5.41, 5.74) is 0.773. The molecule has 2 N–H and O–H groups in total. The van der Waals surface area contributed by atoms with Crippen molar-refractivity contribution in [3.05, 3.63) is 34.3 Å². The highest BCUT2D eigenvalue weighted by atomic mass is 79.9. The molecular formula is C16H21BrN2O3. The monoisotopic (exact) mass is 368 g/mol. The van der Waals surface area contributed by atoms with Crippen molar-refractivity contribution in [2.24, 2.45) is 0 Å². The van der Waals surface area contributed by atoms with E-state index in [1.165, 1.54) is 6.08 Å². The first-order chi connectivity index (χ1) is 10.5. The molecule has 0 aliphatic heterocycles. The van der Waals surface area contributed by atoms with Crippen LogP contribution in [-0.4, -0.2) is 31.5 Å². The van der Waals surface area contributed by atoms with Crippen molar-refractivity contribution < 1.29 is 14.3 Å². The second kappa shape index (κ2) is 9.25. The molecule has 120 valence electrons. The Hall–Kier alpha value is -1.82. The van der Waals surface area contributed by atoms with Crippen molar-refractivity contribution in [2.75, 3.05) is 13.7 Å². The zero-order valence-corrected chi connectivity index (χ0v) is 14.6. The van der Waals surface area contributed by atoms with E-state index in [4.69, 9.17) is 4.74 Å². The van der Waals surface area contributed by atoms with Gasteiger partial charge in [0.05, 0.1) is 7.11 Å². The summed E-state index contributed by atoms with van der Waals surface area (Å²) in [6.45, 7) is 4.22. The highest BCUT2D eigenvalue weighted by molar-refractivity contribution is 9.10. The summed E-state index contributed by atoms with van der Waals surface area (Å²) in [6, 6.07) is 4.94. The molecule has 1 rings (SSSR count). The lowest BCUT2D eigenvalue weighted by Gasteiger charge is -2.12. The number of amides is 2. The van der Waals surface area contributed by atoms with Crippen LogP contribution in [0.5, 0.6) is 5.75 Å². The van der Waals surface area contributed by atoms with Gasteiger partial charge in [0.15, 0.2) is 0 Å². The van der Waals surface area contributed by atoms with Crippen LogP contribution < -0.4 is 15.4 Å². The molecule has 0 heterocycles. The molecule has 0 aliphatic rings. The van der Waals surface area contributed by atoms with Crippen LogP contribution in [0.2, 0.25) is 0 Å². The van der Waals surface area contributed by atoms with Gasteiger partial charge in [0.2, 0.25) is 11.8 Å². The molecule has 0 radical (unpaired) electrons. The molecule has 22 heavy (non-hydrogen) atoms. The Bertz CT molecular complexity index is 558. The fraction of sp³-hybridized carbons (Fsp3) is 0.375.